The maximum Gasteiger partial charge on any atom is 0.249 e. The minimum Gasteiger partial charge on any atom is -0.344 e. The zero-order chi connectivity index (χ0) is 17.1. The SMILES string of the molecule is CC(C)C(NC(=O)CC(C)C1CCCNC1)c1nc(C2CC2)no1.Cl. The second kappa shape index (κ2) is 8.99. The van der Waals surface area contributed by atoms with E-state index in [1.165, 1.54) is 12.8 Å². The van der Waals surface area contributed by atoms with Crippen LogP contribution >= 0.6 is 12.4 Å². The Morgan fingerprint density at radius 2 is 2.08 bits per heavy atom. The third-order valence-corrected chi connectivity index (χ3v) is 5.30. The summed E-state index contributed by atoms with van der Waals surface area (Å²) < 4.78 is 5.43. The van der Waals surface area contributed by atoms with Crippen LogP contribution in [0, 0.1) is 17.8 Å². The lowest BCUT2D eigenvalue weighted by atomic mass is 9.85. The molecule has 2 aliphatic rings. The summed E-state index contributed by atoms with van der Waals surface area (Å²) in [5.41, 5.74) is 0. The molecule has 0 radical (unpaired) electrons. The van der Waals surface area contributed by atoms with Crippen LogP contribution in [0.4, 0.5) is 0 Å². The van der Waals surface area contributed by atoms with E-state index >= 15 is 0 Å². The second-order valence-electron chi connectivity index (χ2n) is 7.84. The van der Waals surface area contributed by atoms with Crippen LogP contribution in [0.25, 0.3) is 0 Å². The van der Waals surface area contributed by atoms with Gasteiger partial charge in [-0.1, -0.05) is 25.9 Å². The standard InChI is InChI=1S/C18H30N4O2.ClH/c1-11(2)16(18-21-17(22-24-18)13-6-7-13)20-15(23)9-12(3)14-5-4-8-19-10-14;/h11-14,16,19H,4-10H2,1-3H3,(H,20,23);1H. The zero-order valence-electron chi connectivity index (χ0n) is 15.5. The van der Waals surface area contributed by atoms with Crippen molar-refractivity contribution in [2.45, 2.75) is 64.8 Å². The van der Waals surface area contributed by atoms with E-state index in [1.807, 2.05) is 0 Å². The van der Waals surface area contributed by atoms with E-state index in [1.54, 1.807) is 0 Å². The summed E-state index contributed by atoms with van der Waals surface area (Å²) >= 11 is 0. The number of rotatable bonds is 7. The van der Waals surface area contributed by atoms with E-state index in [0.29, 0.717) is 30.1 Å². The highest BCUT2D eigenvalue weighted by Crippen LogP contribution is 2.38. The number of amides is 1. The Balaban J connectivity index is 0.00000225. The van der Waals surface area contributed by atoms with Gasteiger partial charge in [0.2, 0.25) is 11.8 Å². The van der Waals surface area contributed by atoms with Gasteiger partial charge in [0.15, 0.2) is 5.82 Å². The highest BCUT2D eigenvalue weighted by atomic mass is 35.5. The molecule has 3 atom stereocenters. The van der Waals surface area contributed by atoms with Crippen LogP contribution in [0.15, 0.2) is 4.52 Å². The van der Waals surface area contributed by atoms with Crippen molar-refractivity contribution in [2.75, 3.05) is 13.1 Å². The molecule has 0 aromatic carbocycles. The number of hydrogen-bond acceptors (Lipinski definition) is 5. The molecule has 25 heavy (non-hydrogen) atoms. The summed E-state index contributed by atoms with van der Waals surface area (Å²) in [7, 11) is 0. The number of piperidine rings is 1. The second-order valence-corrected chi connectivity index (χ2v) is 7.84. The lowest BCUT2D eigenvalue weighted by molar-refractivity contribution is -0.123. The molecule has 1 aliphatic carbocycles. The first-order chi connectivity index (χ1) is 11.5. The molecular formula is C18H31ClN4O2. The molecule has 1 aromatic rings. The summed E-state index contributed by atoms with van der Waals surface area (Å²) in [5.74, 6) is 3.08. The lowest BCUT2D eigenvalue weighted by Gasteiger charge is -2.28. The number of halogens is 1. The molecule has 6 nitrogen and oxygen atoms in total. The average Bonchev–Trinajstić information content (AvgIpc) is 3.31. The van der Waals surface area contributed by atoms with Crippen molar-refractivity contribution in [3.05, 3.63) is 11.7 Å². The fourth-order valence-corrected chi connectivity index (χ4v) is 3.45. The summed E-state index contributed by atoms with van der Waals surface area (Å²) in [4.78, 5) is 17.0. The summed E-state index contributed by atoms with van der Waals surface area (Å²) in [6.45, 7) is 8.45. The molecule has 1 aliphatic heterocycles. The molecule has 1 amide bonds. The summed E-state index contributed by atoms with van der Waals surface area (Å²) in [6.07, 6.45) is 5.26. The number of nitrogens with zero attached hydrogens (tertiary/aromatic N) is 2. The molecule has 0 spiro atoms. The maximum atomic E-state index is 12.5. The highest BCUT2D eigenvalue weighted by molar-refractivity contribution is 5.85. The van der Waals surface area contributed by atoms with Gasteiger partial charge in [-0.15, -0.1) is 12.4 Å². The number of nitrogens with one attached hydrogen (secondary N) is 2. The summed E-state index contributed by atoms with van der Waals surface area (Å²) in [5, 5.41) is 10.6. The van der Waals surface area contributed by atoms with Crippen molar-refractivity contribution in [1.82, 2.24) is 20.8 Å². The van der Waals surface area contributed by atoms with Crippen LogP contribution in [-0.2, 0) is 4.79 Å². The van der Waals surface area contributed by atoms with Crippen molar-refractivity contribution in [3.8, 4) is 0 Å². The Kier molecular flexibility index (Phi) is 7.25. The van der Waals surface area contributed by atoms with Gasteiger partial charge in [0.25, 0.3) is 0 Å². The van der Waals surface area contributed by atoms with Crippen LogP contribution in [0.1, 0.15) is 76.6 Å². The van der Waals surface area contributed by atoms with Gasteiger partial charge in [-0.2, -0.15) is 4.98 Å². The van der Waals surface area contributed by atoms with Crippen molar-refractivity contribution < 1.29 is 9.32 Å². The minimum atomic E-state index is -0.200. The molecule has 1 saturated carbocycles. The van der Waals surface area contributed by atoms with E-state index in [0.717, 1.165) is 31.8 Å². The molecule has 3 rings (SSSR count). The molecular weight excluding hydrogens is 340 g/mol. The Bertz CT molecular complexity index is 553. The molecule has 3 unspecified atom stereocenters. The van der Waals surface area contributed by atoms with E-state index < -0.39 is 0 Å². The Morgan fingerprint density at radius 1 is 1.32 bits per heavy atom. The van der Waals surface area contributed by atoms with Crippen molar-refractivity contribution in [3.63, 3.8) is 0 Å². The van der Waals surface area contributed by atoms with Crippen molar-refractivity contribution >= 4 is 18.3 Å². The first-order valence-electron chi connectivity index (χ1n) is 9.38. The van der Waals surface area contributed by atoms with Crippen LogP contribution < -0.4 is 10.6 Å². The van der Waals surface area contributed by atoms with Crippen LogP contribution in [0.2, 0.25) is 0 Å². The number of aromatic nitrogens is 2. The monoisotopic (exact) mass is 370 g/mol. The maximum absolute atomic E-state index is 12.5. The van der Waals surface area contributed by atoms with Crippen molar-refractivity contribution in [1.29, 1.82) is 0 Å². The quantitative estimate of drug-likeness (QED) is 0.770. The third-order valence-electron chi connectivity index (χ3n) is 5.30. The Morgan fingerprint density at radius 3 is 2.68 bits per heavy atom. The van der Waals surface area contributed by atoms with Gasteiger partial charge in [0, 0.05) is 12.3 Å². The van der Waals surface area contributed by atoms with E-state index in [9.17, 15) is 4.79 Å². The number of carbonyl (C=O) groups is 1. The molecule has 2 heterocycles. The topological polar surface area (TPSA) is 80.0 Å². The zero-order valence-corrected chi connectivity index (χ0v) is 16.3. The largest absolute Gasteiger partial charge is 0.344 e. The first kappa shape index (κ1) is 20.2. The van der Waals surface area contributed by atoms with Crippen LogP contribution in [0.5, 0.6) is 0 Å². The van der Waals surface area contributed by atoms with E-state index in [-0.39, 0.29) is 30.3 Å². The molecule has 1 aromatic heterocycles. The molecule has 2 fully saturated rings. The summed E-state index contributed by atoms with van der Waals surface area (Å²) in [6, 6.07) is -0.200. The number of carbonyl (C=O) groups excluding carboxylic acids is 1. The first-order valence-corrected chi connectivity index (χ1v) is 9.38. The van der Waals surface area contributed by atoms with Gasteiger partial charge in [-0.25, -0.2) is 0 Å². The molecule has 142 valence electrons. The fourth-order valence-electron chi connectivity index (χ4n) is 3.45. The molecule has 1 saturated heterocycles. The third kappa shape index (κ3) is 5.42. The van der Waals surface area contributed by atoms with E-state index in [2.05, 4.69) is 41.5 Å². The Hall–Kier alpha value is -1.14. The lowest BCUT2D eigenvalue weighted by Crippen LogP contribution is -2.37. The molecule has 0 bridgehead atoms. The molecule has 2 N–H and O–H groups in total. The highest BCUT2D eigenvalue weighted by Gasteiger charge is 2.32. The van der Waals surface area contributed by atoms with Gasteiger partial charge in [0.1, 0.15) is 6.04 Å². The van der Waals surface area contributed by atoms with Gasteiger partial charge < -0.3 is 15.2 Å². The van der Waals surface area contributed by atoms with E-state index in [4.69, 9.17) is 4.52 Å². The number of hydrogen-bond donors (Lipinski definition) is 2. The van der Waals surface area contributed by atoms with Gasteiger partial charge in [-0.3, -0.25) is 4.79 Å². The fraction of sp³-hybridized carbons (Fsp3) is 0.833. The normalized spacial score (nSPS) is 23.0. The van der Waals surface area contributed by atoms with Gasteiger partial charge in [0.05, 0.1) is 0 Å². The average molecular weight is 371 g/mol. The van der Waals surface area contributed by atoms with Gasteiger partial charge in [-0.05, 0) is 56.5 Å². The van der Waals surface area contributed by atoms with Gasteiger partial charge >= 0.3 is 0 Å². The minimum absolute atomic E-state index is 0. The van der Waals surface area contributed by atoms with Crippen molar-refractivity contribution in [2.24, 2.45) is 17.8 Å². The van der Waals surface area contributed by atoms with Crippen LogP contribution in [-0.4, -0.2) is 29.1 Å². The predicted octanol–water partition coefficient (Wildman–Crippen LogP) is 3.21. The molecule has 7 heteroatoms. The van der Waals surface area contributed by atoms with Crippen LogP contribution in [0.3, 0.4) is 0 Å². The Labute approximate surface area is 156 Å². The predicted molar refractivity (Wildman–Crippen MR) is 98.6 cm³/mol. The smallest absolute Gasteiger partial charge is 0.249 e.